The van der Waals surface area contributed by atoms with E-state index in [1.165, 1.54) is 12.8 Å². The molecule has 0 spiro atoms. The van der Waals surface area contributed by atoms with Crippen LogP contribution in [0.2, 0.25) is 0 Å². The first-order valence-corrected chi connectivity index (χ1v) is 6.26. The average molecular weight is 233 g/mol. The molecule has 3 heteroatoms. The van der Waals surface area contributed by atoms with Crippen LogP contribution in [0.5, 0.6) is 0 Å². The van der Waals surface area contributed by atoms with E-state index in [2.05, 4.69) is 5.32 Å². The molecule has 1 saturated carbocycles. The van der Waals surface area contributed by atoms with Crippen molar-refractivity contribution in [1.82, 2.24) is 5.32 Å². The van der Waals surface area contributed by atoms with Crippen molar-refractivity contribution >= 4 is 5.97 Å². The highest BCUT2D eigenvalue weighted by Gasteiger charge is 2.26. The minimum atomic E-state index is -0.322. The van der Waals surface area contributed by atoms with Crippen LogP contribution in [0.4, 0.5) is 0 Å². The van der Waals surface area contributed by atoms with Gasteiger partial charge in [-0.2, -0.15) is 0 Å². The number of hydrogen-bond donors (Lipinski definition) is 1. The van der Waals surface area contributed by atoms with Crippen LogP contribution in [0.3, 0.4) is 0 Å². The molecule has 1 aromatic carbocycles. The lowest BCUT2D eigenvalue weighted by molar-refractivity contribution is -0.145. The Bertz CT molecular complexity index is 360. The Hall–Kier alpha value is -1.35. The highest BCUT2D eigenvalue weighted by atomic mass is 16.5. The molecule has 92 valence electrons. The van der Waals surface area contributed by atoms with Gasteiger partial charge < -0.3 is 10.1 Å². The summed E-state index contributed by atoms with van der Waals surface area (Å²) in [6.45, 7) is 3.16. The Morgan fingerprint density at radius 1 is 1.41 bits per heavy atom. The Kier molecular flexibility index (Phi) is 4.15. The molecular weight excluding hydrogens is 214 g/mol. The molecule has 2 rings (SSSR count). The van der Waals surface area contributed by atoms with Crippen LogP contribution in [-0.4, -0.2) is 19.1 Å². The van der Waals surface area contributed by atoms with Crippen molar-refractivity contribution in [2.75, 3.05) is 13.2 Å². The maximum Gasteiger partial charge on any atom is 0.327 e. The quantitative estimate of drug-likeness (QED) is 0.766. The number of carbonyl (C=O) groups excluding carboxylic acids is 1. The van der Waals surface area contributed by atoms with Gasteiger partial charge in [0.1, 0.15) is 6.04 Å². The standard InChI is InChI=1S/C14H19NO2/c1-2-17-14(16)13(15-10-11-8-9-11)12-6-4-3-5-7-12/h3-7,11,13,15H,2,8-10H2,1H3. The summed E-state index contributed by atoms with van der Waals surface area (Å²) in [5.74, 6) is 0.565. The van der Waals surface area contributed by atoms with Crippen molar-refractivity contribution in [3.63, 3.8) is 0 Å². The predicted molar refractivity (Wildman–Crippen MR) is 66.5 cm³/mol. The third kappa shape index (κ3) is 3.56. The second-order valence-electron chi connectivity index (χ2n) is 4.45. The van der Waals surface area contributed by atoms with Gasteiger partial charge in [0.2, 0.25) is 0 Å². The normalized spacial score (nSPS) is 16.5. The summed E-state index contributed by atoms with van der Waals surface area (Å²) in [5.41, 5.74) is 0.978. The van der Waals surface area contributed by atoms with Gasteiger partial charge in [-0.05, 0) is 37.8 Å². The van der Waals surface area contributed by atoms with Crippen LogP contribution in [0.25, 0.3) is 0 Å². The number of carbonyl (C=O) groups is 1. The molecule has 1 unspecified atom stereocenters. The van der Waals surface area contributed by atoms with E-state index in [-0.39, 0.29) is 12.0 Å². The summed E-state index contributed by atoms with van der Waals surface area (Å²) < 4.78 is 5.11. The zero-order chi connectivity index (χ0) is 12.1. The molecule has 1 aromatic rings. The lowest BCUT2D eigenvalue weighted by Crippen LogP contribution is -2.31. The molecule has 0 bridgehead atoms. The van der Waals surface area contributed by atoms with Crippen LogP contribution >= 0.6 is 0 Å². The van der Waals surface area contributed by atoms with E-state index in [1.54, 1.807) is 0 Å². The molecule has 0 aliphatic heterocycles. The van der Waals surface area contributed by atoms with Crippen LogP contribution < -0.4 is 5.32 Å². The molecule has 1 N–H and O–H groups in total. The van der Waals surface area contributed by atoms with E-state index in [0.29, 0.717) is 6.61 Å². The molecular formula is C14H19NO2. The maximum absolute atomic E-state index is 11.9. The Balaban J connectivity index is 2.02. The minimum Gasteiger partial charge on any atom is -0.465 e. The molecule has 0 heterocycles. The number of esters is 1. The smallest absolute Gasteiger partial charge is 0.327 e. The van der Waals surface area contributed by atoms with Gasteiger partial charge in [-0.3, -0.25) is 0 Å². The Morgan fingerprint density at radius 2 is 2.12 bits per heavy atom. The topological polar surface area (TPSA) is 38.3 Å². The molecule has 0 aromatic heterocycles. The summed E-state index contributed by atoms with van der Waals surface area (Å²) in [5, 5.41) is 3.31. The third-order valence-corrected chi connectivity index (χ3v) is 2.96. The number of hydrogen-bond acceptors (Lipinski definition) is 3. The van der Waals surface area contributed by atoms with Gasteiger partial charge in [-0.15, -0.1) is 0 Å². The van der Waals surface area contributed by atoms with Gasteiger partial charge in [0.05, 0.1) is 6.61 Å². The molecule has 1 aliphatic carbocycles. The third-order valence-electron chi connectivity index (χ3n) is 2.96. The van der Waals surface area contributed by atoms with E-state index >= 15 is 0 Å². The highest BCUT2D eigenvalue weighted by Crippen LogP contribution is 2.28. The number of ether oxygens (including phenoxy) is 1. The van der Waals surface area contributed by atoms with Crippen LogP contribution in [-0.2, 0) is 9.53 Å². The average Bonchev–Trinajstić information content (AvgIpc) is 3.15. The number of benzene rings is 1. The van der Waals surface area contributed by atoms with Crippen molar-refractivity contribution in [1.29, 1.82) is 0 Å². The first-order valence-electron chi connectivity index (χ1n) is 6.26. The van der Waals surface area contributed by atoms with Crippen molar-refractivity contribution in [3.8, 4) is 0 Å². The fourth-order valence-electron chi connectivity index (χ4n) is 1.81. The van der Waals surface area contributed by atoms with Gasteiger partial charge >= 0.3 is 5.97 Å². The van der Waals surface area contributed by atoms with Crippen molar-refractivity contribution in [2.24, 2.45) is 5.92 Å². The maximum atomic E-state index is 11.9. The van der Waals surface area contributed by atoms with Crippen LogP contribution in [0.15, 0.2) is 30.3 Å². The zero-order valence-corrected chi connectivity index (χ0v) is 10.2. The lowest BCUT2D eigenvalue weighted by atomic mass is 10.1. The molecule has 1 atom stereocenters. The monoisotopic (exact) mass is 233 g/mol. The van der Waals surface area contributed by atoms with Crippen molar-refractivity contribution < 1.29 is 9.53 Å². The Morgan fingerprint density at radius 3 is 2.71 bits per heavy atom. The molecule has 17 heavy (non-hydrogen) atoms. The van der Waals surface area contributed by atoms with Gasteiger partial charge in [-0.25, -0.2) is 4.79 Å². The minimum absolute atomic E-state index is 0.181. The second kappa shape index (κ2) is 5.82. The summed E-state index contributed by atoms with van der Waals surface area (Å²) in [6, 6.07) is 9.44. The highest BCUT2D eigenvalue weighted by molar-refractivity contribution is 5.77. The van der Waals surface area contributed by atoms with Crippen molar-refractivity contribution in [3.05, 3.63) is 35.9 Å². The predicted octanol–water partition coefficient (Wildman–Crippen LogP) is 2.29. The van der Waals surface area contributed by atoms with E-state index < -0.39 is 0 Å². The van der Waals surface area contributed by atoms with Gasteiger partial charge in [0, 0.05) is 0 Å². The lowest BCUT2D eigenvalue weighted by Gasteiger charge is -2.17. The van der Waals surface area contributed by atoms with E-state index in [9.17, 15) is 4.79 Å². The molecule has 0 amide bonds. The number of rotatable bonds is 6. The van der Waals surface area contributed by atoms with Gasteiger partial charge in [0.25, 0.3) is 0 Å². The molecule has 0 saturated heterocycles. The van der Waals surface area contributed by atoms with Crippen LogP contribution in [0.1, 0.15) is 31.4 Å². The van der Waals surface area contributed by atoms with Gasteiger partial charge in [-0.1, -0.05) is 30.3 Å². The summed E-state index contributed by atoms with van der Waals surface area (Å²) in [4.78, 5) is 11.9. The van der Waals surface area contributed by atoms with E-state index in [0.717, 1.165) is 18.0 Å². The first-order chi connectivity index (χ1) is 8.31. The molecule has 0 radical (unpaired) electrons. The largest absolute Gasteiger partial charge is 0.465 e. The first kappa shape index (κ1) is 12.1. The molecule has 1 aliphatic rings. The fourth-order valence-corrected chi connectivity index (χ4v) is 1.81. The Labute approximate surface area is 102 Å². The molecule has 3 nitrogen and oxygen atoms in total. The summed E-state index contributed by atoms with van der Waals surface area (Å²) >= 11 is 0. The molecule has 1 fully saturated rings. The fraction of sp³-hybridized carbons (Fsp3) is 0.500. The second-order valence-corrected chi connectivity index (χ2v) is 4.45. The van der Waals surface area contributed by atoms with Gasteiger partial charge in [0.15, 0.2) is 0 Å². The van der Waals surface area contributed by atoms with Crippen molar-refractivity contribution in [2.45, 2.75) is 25.8 Å². The van der Waals surface area contributed by atoms with E-state index in [4.69, 9.17) is 4.74 Å². The summed E-state index contributed by atoms with van der Waals surface area (Å²) in [6.07, 6.45) is 2.55. The summed E-state index contributed by atoms with van der Waals surface area (Å²) in [7, 11) is 0. The zero-order valence-electron chi connectivity index (χ0n) is 10.2. The van der Waals surface area contributed by atoms with Crippen LogP contribution in [0, 0.1) is 5.92 Å². The van der Waals surface area contributed by atoms with E-state index in [1.807, 2.05) is 37.3 Å². The number of nitrogens with one attached hydrogen (secondary N) is 1. The SMILES string of the molecule is CCOC(=O)C(NCC1CC1)c1ccccc1.